The first-order valence-electron chi connectivity index (χ1n) is 9.22. The average molecular weight is 346 g/mol. The number of thioether (sulfide) groups is 1. The Morgan fingerprint density at radius 3 is 2.25 bits per heavy atom. The van der Waals surface area contributed by atoms with Crippen molar-refractivity contribution in [1.82, 2.24) is 5.32 Å². The van der Waals surface area contributed by atoms with Crippen LogP contribution in [0.25, 0.3) is 0 Å². The van der Waals surface area contributed by atoms with Crippen molar-refractivity contribution in [1.29, 1.82) is 0 Å². The first kappa shape index (κ1) is 16.3. The monoisotopic (exact) mass is 345 g/mol. The van der Waals surface area contributed by atoms with Crippen LogP contribution in [0.2, 0.25) is 0 Å². The molecule has 130 valence electrons. The molecule has 0 atom stereocenters. The van der Waals surface area contributed by atoms with Gasteiger partial charge in [-0.25, -0.2) is 0 Å². The van der Waals surface area contributed by atoms with Crippen LogP contribution in [0.4, 0.5) is 0 Å². The van der Waals surface area contributed by atoms with Crippen molar-refractivity contribution < 1.29 is 9.53 Å². The van der Waals surface area contributed by atoms with Crippen LogP contribution in [0.5, 0.6) is 5.75 Å². The number of carbonyl (C=O) groups is 1. The summed E-state index contributed by atoms with van der Waals surface area (Å²) < 4.78 is 5.17. The van der Waals surface area contributed by atoms with Gasteiger partial charge in [-0.1, -0.05) is 0 Å². The third kappa shape index (κ3) is 3.44. The average Bonchev–Trinajstić information content (AvgIpc) is 2.53. The van der Waals surface area contributed by atoms with E-state index in [-0.39, 0.29) is 11.4 Å². The lowest BCUT2D eigenvalue weighted by atomic mass is 9.53. The summed E-state index contributed by atoms with van der Waals surface area (Å²) in [5.41, 5.74) is 0.149. The Bertz CT molecular complexity index is 563. The lowest BCUT2D eigenvalue weighted by molar-refractivity contribution is -0.126. The summed E-state index contributed by atoms with van der Waals surface area (Å²) >= 11 is 1.74. The summed E-state index contributed by atoms with van der Waals surface area (Å²) in [6, 6.07) is 8.05. The fourth-order valence-electron chi connectivity index (χ4n) is 5.56. The van der Waals surface area contributed by atoms with Crippen molar-refractivity contribution in [2.75, 3.05) is 12.9 Å². The summed E-state index contributed by atoms with van der Waals surface area (Å²) in [7, 11) is 1.68. The largest absolute Gasteiger partial charge is 0.497 e. The van der Waals surface area contributed by atoms with Crippen molar-refractivity contribution in [3.63, 3.8) is 0 Å². The molecule has 0 unspecified atom stereocenters. The van der Waals surface area contributed by atoms with E-state index in [0.717, 1.165) is 29.3 Å². The van der Waals surface area contributed by atoms with Gasteiger partial charge in [-0.15, -0.1) is 11.8 Å². The molecule has 4 aliphatic rings. The zero-order chi connectivity index (χ0) is 16.6. The summed E-state index contributed by atoms with van der Waals surface area (Å²) in [6.45, 7) is 0. The number of benzene rings is 1. The first-order valence-corrected chi connectivity index (χ1v) is 10.2. The van der Waals surface area contributed by atoms with E-state index >= 15 is 0 Å². The van der Waals surface area contributed by atoms with E-state index in [2.05, 4.69) is 17.4 Å². The van der Waals surface area contributed by atoms with Gasteiger partial charge in [0.15, 0.2) is 0 Å². The van der Waals surface area contributed by atoms with Crippen LogP contribution in [0.3, 0.4) is 0 Å². The molecule has 0 heterocycles. The van der Waals surface area contributed by atoms with Crippen molar-refractivity contribution >= 4 is 17.7 Å². The lowest BCUT2D eigenvalue weighted by Gasteiger charge is -2.56. The highest BCUT2D eigenvalue weighted by atomic mass is 32.2. The Labute approximate surface area is 148 Å². The van der Waals surface area contributed by atoms with Gasteiger partial charge in [-0.2, -0.15) is 0 Å². The molecule has 4 bridgehead atoms. The molecule has 0 spiro atoms. The van der Waals surface area contributed by atoms with Crippen LogP contribution in [0.15, 0.2) is 29.2 Å². The SMILES string of the molecule is COc1ccc(SCCC(=O)NC23CC4CC(CC(C4)C2)C3)cc1. The molecule has 4 saturated carbocycles. The highest BCUT2D eigenvalue weighted by Crippen LogP contribution is 2.55. The van der Waals surface area contributed by atoms with Crippen LogP contribution in [-0.4, -0.2) is 24.3 Å². The van der Waals surface area contributed by atoms with E-state index in [4.69, 9.17) is 4.74 Å². The van der Waals surface area contributed by atoms with E-state index in [1.54, 1.807) is 18.9 Å². The summed E-state index contributed by atoms with van der Waals surface area (Å²) in [4.78, 5) is 13.7. The molecule has 0 radical (unpaired) electrons. The molecular weight excluding hydrogens is 318 g/mol. The molecule has 4 aliphatic carbocycles. The number of rotatable bonds is 6. The number of nitrogens with one attached hydrogen (secondary N) is 1. The second-order valence-corrected chi connectivity index (χ2v) is 9.19. The first-order chi connectivity index (χ1) is 11.6. The smallest absolute Gasteiger partial charge is 0.221 e. The Kier molecular flexibility index (Phi) is 4.50. The molecule has 1 N–H and O–H groups in total. The molecule has 4 fully saturated rings. The van der Waals surface area contributed by atoms with Crippen LogP contribution >= 0.6 is 11.8 Å². The molecule has 3 nitrogen and oxygen atoms in total. The van der Waals surface area contributed by atoms with E-state index < -0.39 is 0 Å². The number of amides is 1. The highest BCUT2D eigenvalue weighted by Gasteiger charge is 2.51. The molecular formula is C20H27NO2S. The number of hydrogen-bond acceptors (Lipinski definition) is 3. The molecule has 1 aromatic carbocycles. The molecule has 24 heavy (non-hydrogen) atoms. The van der Waals surface area contributed by atoms with Gasteiger partial charge in [-0.05, 0) is 80.5 Å². The quantitative estimate of drug-likeness (QED) is 0.783. The van der Waals surface area contributed by atoms with Crippen LogP contribution in [0, 0.1) is 17.8 Å². The standard InChI is InChI=1S/C20H27NO2S/c1-23-17-2-4-18(5-3-17)24-7-6-19(22)21-20-11-14-8-15(12-20)10-16(9-14)13-20/h2-5,14-16H,6-13H2,1H3,(H,21,22). The molecule has 4 heteroatoms. The van der Waals surface area contributed by atoms with E-state index in [9.17, 15) is 4.79 Å². The number of carbonyl (C=O) groups excluding carboxylic acids is 1. The Balaban J connectivity index is 1.26. The molecule has 0 aromatic heterocycles. The molecule has 5 rings (SSSR count). The zero-order valence-electron chi connectivity index (χ0n) is 14.4. The zero-order valence-corrected chi connectivity index (χ0v) is 15.2. The fourth-order valence-corrected chi connectivity index (χ4v) is 6.41. The van der Waals surface area contributed by atoms with Crippen molar-refractivity contribution in [3.8, 4) is 5.75 Å². The third-order valence-corrected chi connectivity index (χ3v) is 7.11. The topological polar surface area (TPSA) is 38.3 Å². The predicted octanol–water partition coefficient (Wildman–Crippen LogP) is 4.26. The highest BCUT2D eigenvalue weighted by molar-refractivity contribution is 7.99. The minimum Gasteiger partial charge on any atom is -0.497 e. The van der Waals surface area contributed by atoms with Crippen molar-refractivity contribution in [3.05, 3.63) is 24.3 Å². The maximum atomic E-state index is 12.5. The minimum absolute atomic E-state index is 0.149. The summed E-state index contributed by atoms with van der Waals surface area (Å²) in [5.74, 6) is 4.60. The fraction of sp³-hybridized carbons (Fsp3) is 0.650. The summed E-state index contributed by atoms with van der Waals surface area (Å²) in [6.07, 6.45) is 8.56. The Hall–Kier alpha value is -1.16. The molecule has 1 aromatic rings. The lowest BCUT2D eigenvalue weighted by Crippen LogP contribution is -2.59. The minimum atomic E-state index is 0.149. The summed E-state index contributed by atoms with van der Waals surface area (Å²) in [5, 5.41) is 3.46. The second-order valence-electron chi connectivity index (χ2n) is 8.02. The Morgan fingerprint density at radius 1 is 1.12 bits per heavy atom. The third-order valence-electron chi connectivity index (χ3n) is 6.10. The van der Waals surface area contributed by atoms with E-state index in [1.807, 2.05) is 12.1 Å². The van der Waals surface area contributed by atoms with Crippen molar-refractivity contribution in [2.24, 2.45) is 17.8 Å². The van der Waals surface area contributed by atoms with Crippen LogP contribution in [0.1, 0.15) is 44.9 Å². The molecule has 0 aliphatic heterocycles. The van der Waals surface area contributed by atoms with Crippen LogP contribution < -0.4 is 10.1 Å². The van der Waals surface area contributed by atoms with Crippen molar-refractivity contribution in [2.45, 2.75) is 55.4 Å². The van der Waals surface area contributed by atoms with E-state index in [1.165, 1.54) is 43.4 Å². The number of ether oxygens (including phenoxy) is 1. The van der Waals surface area contributed by atoms with Gasteiger partial charge in [-0.3, -0.25) is 4.79 Å². The maximum absolute atomic E-state index is 12.5. The van der Waals surface area contributed by atoms with E-state index in [0.29, 0.717) is 6.42 Å². The molecule has 0 saturated heterocycles. The van der Waals surface area contributed by atoms with Gasteiger partial charge in [0, 0.05) is 22.6 Å². The van der Waals surface area contributed by atoms with Gasteiger partial charge < -0.3 is 10.1 Å². The number of hydrogen-bond donors (Lipinski definition) is 1. The maximum Gasteiger partial charge on any atom is 0.221 e. The Morgan fingerprint density at radius 2 is 1.71 bits per heavy atom. The normalized spacial score (nSPS) is 33.5. The van der Waals surface area contributed by atoms with Gasteiger partial charge in [0.05, 0.1) is 7.11 Å². The number of methoxy groups -OCH3 is 1. The molecule has 1 amide bonds. The van der Waals surface area contributed by atoms with Crippen LogP contribution in [-0.2, 0) is 4.79 Å². The van der Waals surface area contributed by atoms with Gasteiger partial charge >= 0.3 is 0 Å². The van der Waals surface area contributed by atoms with Gasteiger partial charge in [0.2, 0.25) is 5.91 Å². The van der Waals surface area contributed by atoms with Gasteiger partial charge in [0.1, 0.15) is 5.75 Å². The predicted molar refractivity (Wildman–Crippen MR) is 97.4 cm³/mol. The van der Waals surface area contributed by atoms with Gasteiger partial charge in [0.25, 0.3) is 0 Å². The second kappa shape index (κ2) is 6.62.